The minimum absolute atomic E-state index is 0.0281. The fourth-order valence-electron chi connectivity index (χ4n) is 3.59. The van der Waals surface area contributed by atoms with Crippen LogP contribution in [0.4, 0.5) is 17.6 Å². The number of hydrogen-bond acceptors (Lipinski definition) is 4. The van der Waals surface area contributed by atoms with Gasteiger partial charge in [-0.05, 0) is 42.8 Å². The third-order valence-electron chi connectivity index (χ3n) is 5.21. The summed E-state index contributed by atoms with van der Waals surface area (Å²) < 4.78 is 55.5. The third-order valence-corrected chi connectivity index (χ3v) is 5.21. The van der Waals surface area contributed by atoms with Crippen LogP contribution >= 0.6 is 0 Å². The molecule has 1 saturated heterocycles. The van der Waals surface area contributed by atoms with Gasteiger partial charge in [-0.1, -0.05) is 0 Å². The molecule has 0 aliphatic carbocycles. The van der Waals surface area contributed by atoms with Gasteiger partial charge in [-0.3, -0.25) is 10.2 Å². The Morgan fingerprint density at radius 3 is 2.68 bits per heavy atom. The molecule has 0 saturated carbocycles. The average Bonchev–Trinajstić information content (AvgIpc) is 2.89. The van der Waals surface area contributed by atoms with Crippen molar-refractivity contribution >= 4 is 16.8 Å². The predicted octanol–water partition coefficient (Wildman–Crippen LogP) is 4.65. The number of hydrogen-bond donors (Lipinski definition) is 2. The van der Waals surface area contributed by atoms with Crippen molar-refractivity contribution in [3.05, 3.63) is 59.7 Å². The van der Waals surface area contributed by atoms with E-state index >= 15 is 0 Å². The maximum atomic E-state index is 14.5. The number of benzene rings is 2. The molecule has 9 heteroatoms. The monoisotopic (exact) mass is 433 g/mol. The molecule has 1 aromatic heterocycles. The molecule has 4 rings (SSSR count). The maximum absolute atomic E-state index is 14.5. The van der Waals surface area contributed by atoms with Gasteiger partial charge in [0.2, 0.25) is 5.92 Å². The topological polar surface area (TPSA) is 65.5 Å². The molecule has 0 unspecified atom stereocenters. The predicted molar refractivity (Wildman–Crippen MR) is 107 cm³/mol. The number of hydrazine groups is 1. The highest BCUT2D eigenvalue weighted by molar-refractivity contribution is 6.03. The Morgan fingerprint density at radius 2 is 1.87 bits per heavy atom. The Labute approximate surface area is 175 Å². The molecule has 0 bridgehead atoms. The molecular weight excluding hydrogens is 414 g/mol. The number of nitrogens with zero attached hydrogens (tertiary/aromatic N) is 2. The van der Waals surface area contributed by atoms with E-state index in [4.69, 9.17) is 0 Å². The number of nitrogens with one attached hydrogen (secondary N) is 1. The van der Waals surface area contributed by atoms with E-state index in [0.29, 0.717) is 5.39 Å². The normalized spacial score (nSPS) is 16.8. The second kappa shape index (κ2) is 8.14. The Hall–Kier alpha value is -3.20. The van der Waals surface area contributed by atoms with Crippen LogP contribution in [-0.4, -0.2) is 40.0 Å². The first-order valence-electron chi connectivity index (χ1n) is 9.75. The Kier molecular flexibility index (Phi) is 5.53. The van der Waals surface area contributed by atoms with Crippen LogP contribution in [0.5, 0.6) is 5.75 Å². The summed E-state index contributed by atoms with van der Waals surface area (Å²) >= 11 is 0. The van der Waals surface area contributed by atoms with Gasteiger partial charge < -0.3 is 5.11 Å². The van der Waals surface area contributed by atoms with Crippen LogP contribution < -0.4 is 5.43 Å². The van der Waals surface area contributed by atoms with Crippen molar-refractivity contribution in [1.82, 2.24) is 15.4 Å². The lowest BCUT2D eigenvalue weighted by Crippen LogP contribution is -2.43. The number of aromatic nitrogens is 1. The van der Waals surface area contributed by atoms with E-state index in [1.165, 1.54) is 23.2 Å². The number of aromatic hydroxyl groups is 1. The van der Waals surface area contributed by atoms with Crippen LogP contribution in [0, 0.1) is 11.6 Å². The summed E-state index contributed by atoms with van der Waals surface area (Å²) in [6, 6.07) is 8.52. The van der Waals surface area contributed by atoms with Gasteiger partial charge in [-0.2, -0.15) is 0 Å². The number of fused-ring (bicyclic) bond motifs is 1. The molecule has 1 aliphatic rings. The molecule has 1 amide bonds. The van der Waals surface area contributed by atoms with E-state index in [1.54, 1.807) is 0 Å². The summed E-state index contributed by atoms with van der Waals surface area (Å²) in [6.07, 6.45) is -0.449. The summed E-state index contributed by atoms with van der Waals surface area (Å²) in [6.45, 7) is 0.199. The molecule has 162 valence electrons. The SMILES string of the molecule is O=C(NN1CCCC(F)(F)CC1)c1cc2ccc(F)cc2nc1-c1cc(O)ccc1F. The van der Waals surface area contributed by atoms with Gasteiger partial charge in [0.1, 0.15) is 17.4 Å². The van der Waals surface area contributed by atoms with Gasteiger partial charge >= 0.3 is 0 Å². The molecule has 2 aromatic carbocycles. The van der Waals surface area contributed by atoms with Gasteiger partial charge in [0.05, 0.1) is 16.8 Å². The zero-order chi connectivity index (χ0) is 22.2. The molecule has 31 heavy (non-hydrogen) atoms. The van der Waals surface area contributed by atoms with Crippen LogP contribution in [-0.2, 0) is 0 Å². The second-order valence-electron chi connectivity index (χ2n) is 7.52. The number of carbonyl (C=O) groups excluding carboxylic acids is 1. The van der Waals surface area contributed by atoms with Crippen molar-refractivity contribution in [2.24, 2.45) is 0 Å². The molecule has 1 fully saturated rings. The molecule has 5 nitrogen and oxygen atoms in total. The highest BCUT2D eigenvalue weighted by Gasteiger charge is 2.32. The van der Waals surface area contributed by atoms with Crippen molar-refractivity contribution < 1.29 is 27.5 Å². The van der Waals surface area contributed by atoms with Crippen LogP contribution in [0.15, 0.2) is 42.5 Å². The number of phenols is 1. The fourth-order valence-corrected chi connectivity index (χ4v) is 3.59. The molecule has 1 aliphatic heterocycles. The van der Waals surface area contributed by atoms with Gasteiger partial charge in [0, 0.05) is 42.9 Å². The fraction of sp³-hybridized carbons (Fsp3) is 0.273. The molecule has 2 N–H and O–H groups in total. The molecule has 0 atom stereocenters. The average molecular weight is 433 g/mol. The van der Waals surface area contributed by atoms with E-state index < -0.39 is 29.9 Å². The molecule has 2 heterocycles. The second-order valence-corrected chi connectivity index (χ2v) is 7.52. The number of amides is 1. The number of rotatable bonds is 3. The number of alkyl halides is 2. The van der Waals surface area contributed by atoms with Crippen LogP contribution in [0.25, 0.3) is 22.2 Å². The zero-order valence-electron chi connectivity index (χ0n) is 16.3. The van der Waals surface area contributed by atoms with E-state index in [1.807, 2.05) is 0 Å². The lowest BCUT2D eigenvalue weighted by Gasteiger charge is -2.22. The van der Waals surface area contributed by atoms with Gasteiger partial charge in [0.15, 0.2) is 0 Å². The summed E-state index contributed by atoms with van der Waals surface area (Å²) in [5.74, 6) is -4.97. The van der Waals surface area contributed by atoms with Crippen molar-refractivity contribution in [3.63, 3.8) is 0 Å². The van der Waals surface area contributed by atoms with Gasteiger partial charge in [-0.15, -0.1) is 0 Å². The van der Waals surface area contributed by atoms with E-state index in [2.05, 4.69) is 10.4 Å². The van der Waals surface area contributed by atoms with Crippen LogP contribution in [0.3, 0.4) is 0 Å². The largest absolute Gasteiger partial charge is 0.508 e. The minimum Gasteiger partial charge on any atom is -0.508 e. The van der Waals surface area contributed by atoms with E-state index in [0.717, 1.165) is 24.3 Å². The van der Waals surface area contributed by atoms with Crippen molar-refractivity contribution in [3.8, 4) is 17.0 Å². The molecule has 0 radical (unpaired) electrons. The van der Waals surface area contributed by atoms with E-state index in [-0.39, 0.29) is 54.0 Å². The molecule has 0 spiro atoms. The first kappa shape index (κ1) is 21.0. The maximum Gasteiger partial charge on any atom is 0.267 e. The zero-order valence-corrected chi connectivity index (χ0v) is 16.3. The Bertz CT molecular complexity index is 1150. The van der Waals surface area contributed by atoms with Crippen LogP contribution in [0.1, 0.15) is 29.6 Å². The van der Waals surface area contributed by atoms with Crippen molar-refractivity contribution in [2.75, 3.05) is 13.1 Å². The smallest absolute Gasteiger partial charge is 0.267 e. The summed E-state index contributed by atoms with van der Waals surface area (Å²) in [4.78, 5) is 17.3. The summed E-state index contributed by atoms with van der Waals surface area (Å²) in [5, 5.41) is 11.6. The lowest BCUT2D eigenvalue weighted by molar-refractivity contribution is -0.0143. The van der Waals surface area contributed by atoms with Gasteiger partial charge in [-0.25, -0.2) is 27.6 Å². The highest BCUT2D eigenvalue weighted by Crippen LogP contribution is 2.31. The minimum atomic E-state index is -2.79. The number of phenolic OH excluding ortho intramolecular Hbond substituents is 1. The Balaban J connectivity index is 1.75. The van der Waals surface area contributed by atoms with Crippen molar-refractivity contribution in [2.45, 2.75) is 25.2 Å². The number of halogens is 4. The van der Waals surface area contributed by atoms with E-state index in [9.17, 15) is 27.5 Å². The number of carbonyl (C=O) groups is 1. The lowest BCUT2D eigenvalue weighted by atomic mass is 10.0. The van der Waals surface area contributed by atoms with Gasteiger partial charge in [0.25, 0.3) is 5.91 Å². The first-order chi connectivity index (χ1) is 14.7. The highest BCUT2D eigenvalue weighted by atomic mass is 19.3. The molecule has 3 aromatic rings. The molecular formula is C22H19F4N3O2. The standard InChI is InChI=1S/C22H19F4N3O2/c23-14-3-2-13-10-17(21(31)28-29-8-1-6-22(25,26)7-9-29)20(27-19(13)11-14)16-12-15(30)4-5-18(16)24/h2-5,10-12,30H,1,6-9H2,(H,28,31). The Morgan fingerprint density at radius 1 is 1.06 bits per heavy atom. The third kappa shape index (κ3) is 4.61. The van der Waals surface area contributed by atoms with Crippen molar-refractivity contribution in [1.29, 1.82) is 0 Å². The van der Waals surface area contributed by atoms with Crippen LogP contribution in [0.2, 0.25) is 0 Å². The first-order valence-corrected chi connectivity index (χ1v) is 9.75. The summed E-state index contributed by atoms with van der Waals surface area (Å²) in [5.41, 5.74) is 2.53. The quantitative estimate of drug-likeness (QED) is 0.590. The number of pyridine rings is 1. The summed E-state index contributed by atoms with van der Waals surface area (Å²) in [7, 11) is 0.